The fourth-order valence-corrected chi connectivity index (χ4v) is 3.65. The molecule has 2 aromatic carbocycles. The Hall–Kier alpha value is -3.02. The average molecular weight is 411 g/mol. The lowest BCUT2D eigenvalue weighted by atomic mass is 10.1. The molecule has 3 rings (SSSR count). The number of carbonyl (C=O) groups is 2. The lowest BCUT2D eigenvalue weighted by molar-refractivity contribution is -0.116. The third kappa shape index (κ3) is 5.32. The molecular formula is C24H30N2O4. The summed E-state index contributed by atoms with van der Waals surface area (Å²) in [7, 11) is 3.07. The molecule has 6 nitrogen and oxygen atoms in total. The van der Waals surface area contributed by atoms with E-state index in [1.54, 1.807) is 12.1 Å². The maximum absolute atomic E-state index is 13.2. The molecule has 30 heavy (non-hydrogen) atoms. The molecule has 0 spiro atoms. The average Bonchev–Trinajstić information content (AvgIpc) is 2.78. The molecule has 0 atom stereocenters. The molecule has 2 aromatic rings. The Balaban J connectivity index is 1.79. The Bertz CT molecular complexity index is 887. The second-order valence-corrected chi connectivity index (χ2v) is 7.64. The highest BCUT2D eigenvalue weighted by atomic mass is 16.5. The van der Waals surface area contributed by atoms with Gasteiger partial charge in [-0.05, 0) is 44.2 Å². The van der Waals surface area contributed by atoms with E-state index in [9.17, 15) is 9.59 Å². The fraction of sp³-hybridized carbons (Fsp3) is 0.417. The molecule has 0 unspecified atom stereocenters. The van der Waals surface area contributed by atoms with E-state index in [0.717, 1.165) is 37.9 Å². The van der Waals surface area contributed by atoms with Gasteiger partial charge in [0.25, 0.3) is 5.91 Å². The van der Waals surface area contributed by atoms with Crippen LogP contribution in [-0.4, -0.2) is 44.0 Å². The van der Waals surface area contributed by atoms with E-state index in [1.165, 1.54) is 19.8 Å². The van der Waals surface area contributed by atoms with Crippen molar-refractivity contribution >= 4 is 17.5 Å². The lowest BCUT2D eigenvalue weighted by Crippen LogP contribution is -2.36. The third-order valence-corrected chi connectivity index (χ3v) is 5.43. The minimum absolute atomic E-state index is 0.0931. The molecule has 0 saturated carbocycles. The predicted octanol–water partition coefficient (Wildman–Crippen LogP) is 4.21. The Kier molecular flexibility index (Phi) is 7.33. The Labute approximate surface area is 178 Å². The maximum Gasteiger partial charge on any atom is 0.256 e. The van der Waals surface area contributed by atoms with Gasteiger partial charge in [0.05, 0.1) is 25.5 Å². The van der Waals surface area contributed by atoms with Crippen molar-refractivity contribution < 1.29 is 19.1 Å². The number of rotatable bonds is 7. The van der Waals surface area contributed by atoms with Crippen LogP contribution >= 0.6 is 0 Å². The van der Waals surface area contributed by atoms with E-state index in [2.05, 4.69) is 5.32 Å². The number of likely N-dealkylation sites (tertiary alicyclic amines) is 1. The Morgan fingerprint density at radius 1 is 0.967 bits per heavy atom. The first-order valence-electron chi connectivity index (χ1n) is 10.4. The zero-order valence-electron chi connectivity index (χ0n) is 18.0. The second-order valence-electron chi connectivity index (χ2n) is 7.64. The number of nitrogens with one attached hydrogen (secondary N) is 1. The minimum atomic E-state index is -0.143. The molecule has 1 heterocycles. The summed E-state index contributed by atoms with van der Waals surface area (Å²) < 4.78 is 10.8. The number of hydrogen-bond acceptors (Lipinski definition) is 4. The van der Waals surface area contributed by atoms with Crippen molar-refractivity contribution in [2.75, 3.05) is 32.6 Å². The van der Waals surface area contributed by atoms with Crippen LogP contribution in [0.15, 0.2) is 36.4 Å². The predicted molar refractivity (Wildman–Crippen MR) is 117 cm³/mol. The number of carbonyl (C=O) groups excluding carboxylic acids is 2. The molecule has 1 aliphatic rings. The van der Waals surface area contributed by atoms with Gasteiger partial charge in [0, 0.05) is 25.6 Å². The van der Waals surface area contributed by atoms with Gasteiger partial charge in [-0.3, -0.25) is 9.59 Å². The van der Waals surface area contributed by atoms with Crippen LogP contribution in [-0.2, 0) is 11.2 Å². The molecular weight excluding hydrogens is 380 g/mol. The third-order valence-electron chi connectivity index (χ3n) is 5.43. The molecule has 0 aromatic heterocycles. The number of amides is 2. The number of ether oxygens (including phenoxy) is 2. The van der Waals surface area contributed by atoms with Crippen molar-refractivity contribution in [2.45, 2.75) is 39.0 Å². The first-order chi connectivity index (χ1) is 14.5. The summed E-state index contributed by atoms with van der Waals surface area (Å²) in [5.74, 6) is 0.706. The summed E-state index contributed by atoms with van der Waals surface area (Å²) in [5.41, 5.74) is 3.18. The lowest BCUT2D eigenvalue weighted by Gasteiger charge is -2.28. The summed E-state index contributed by atoms with van der Waals surface area (Å²) in [5, 5.41) is 2.92. The summed E-state index contributed by atoms with van der Waals surface area (Å²) in [6.45, 7) is 3.50. The Morgan fingerprint density at radius 2 is 1.60 bits per heavy atom. The standard InChI is InChI=1S/C24H30N2O4/c1-17-7-9-18(10-8-17)11-12-23(27)25-20-16-22(30-3)21(29-2)15-19(20)24(28)26-13-5-4-6-14-26/h7-10,15-16H,4-6,11-14H2,1-3H3,(H,25,27). The van der Waals surface area contributed by atoms with Crippen LogP contribution in [0.2, 0.25) is 0 Å². The topological polar surface area (TPSA) is 67.9 Å². The van der Waals surface area contributed by atoms with Crippen molar-refractivity contribution in [3.63, 3.8) is 0 Å². The van der Waals surface area contributed by atoms with Crippen LogP contribution in [0.4, 0.5) is 5.69 Å². The van der Waals surface area contributed by atoms with E-state index in [-0.39, 0.29) is 11.8 Å². The zero-order chi connectivity index (χ0) is 21.5. The molecule has 1 aliphatic heterocycles. The molecule has 0 radical (unpaired) electrons. The second kappa shape index (κ2) is 10.1. The summed E-state index contributed by atoms with van der Waals surface area (Å²) >= 11 is 0. The van der Waals surface area contributed by atoms with Gasteiger partial charge in [-0.1, -0.05) is 29.8 Å². The fourth-order valence-electron chi connectivity index (χ4n) is 3.65. The van der Waals surface area contributed by atoms with Crippen LogP contribution in [0.1, 0.15) is 47.2 Å². The number of aryl methyl sites for hydroxylation is 2. The van der Waals surface area contributed by atoms with E-state index in [0.29, 0.717) is 35.6 Å². The van der Waals surface area contributed by atoms with Crippen molar-refractivity contribution in [3.8, 4) is 11.5 Å². The summed E-state index contributed by atoms with van der Waals surface area (Å²) in [6.07, 6.45) is 4.09. The summed E-state index contributed by atoms with van der Waals surface area (Å²) in [4.78, 5) is 27.6. The van der Waals surface area contributed by atoms with Crippen molar-refractivity contribution in [3.05, 3.63) is 53.1 Å². The highest BCUT2D eigenvalue weighted by Gasteiger charge is 2.24. The quantitative estimate of drug-likeness (QED) is 0.742. The molecule has 1 fully saturated rings. The maximum atomic E-state index is 13.2. The van der Waals surface area contributed by atoms with E-state index >= 15 is 0 Å². The van der Waals surface area contributed by atoms with Crippen LogP contribution in [0.5, 0.6) is 11.5 Å². The first kappa shape index (κ1) is 21.7. The van der Waals surface area contributed by atoms with E-state index < -0.39 is 0 Å². The monoisotopic (exact) mass is 410 g/mol. The molecule has 0 bridgehead atoms. The normalized spacial score (nSPS) is 13.6. The van der Waals surface area contributed by atoms with Gasteiger partial charge in [0.1, 0.15) is 0 Å². The molecule has 1 N–H and O–H groups in total. The van der Waals surface area contributed by atoms with Gasteiger partial charge in [0.2, 0.25) is 5.91 Å². The molecule has 0 aliphatic carbocycles. The van der Waals surface area contributed by atoms with Gasteiger partial charge >= 0.3 is 0 Å². The SMILES string of the molecule is COc1cc(NC(=O)CCc2ccc(C)cc2)c(C(=O)N2CCCCC2)cc1OC. The van der Waals surface area contributed by atoms with Crippen molar-refractivity contribution in [2.24, 2.45) is 0 Å². The van der Waals surface area contributed by atoms with Crippen LogP contribution < -0.4 is 14.8 Å². The van der Waals surface area contributed by atoms with Gasteiger partial charge in [-0.25, -0.2) is 0 Å². The number of anilines is 1. The number of benzene rings is 2. The highest BCUT2D eigenvalue weighted by molar-refractivity contribution is 6.04. The first-order valence-corrected chi connectivity index (χ1v) is 10.4. The number of methoxy groups -OCH3 is 2. The van der Waals surface area contributed by atoms with E-state index in [4.69, 9.17) is 9.47 Å². The van der Waals surface area contributed by atoms with Crippen LogP contribution in [0, 0.1) is 6.92 Å². The largest absolute Gasteiger partial charge is 0.493 e. The minimum Gasteiger partial charge on any atom is -0.493 e. The zero-order valence-corrected chi connectivity index (χ0v) is 18.0. The molecule has 2 amide bonds. The molecule has 6 heteroatoms. The summed E-state index contributed by atoms with van der Waals surface area (Å²) in [6, 6.07) is 11.5. The van der Waals surface area contributed by atoms with Crippen molar-refractivity contribution in [1.82, 2.24) is 4.90 Å². The highest BCUT2D eigenvalue weighted by Crippen LogP contribution is 2.34. The van der Waals surface area contributed by atoms with Gasteiger partial charge < -0.3 is 19.7 Å². The molecule has 1 saturated heterocycles. The number of hydrogen-bond donors (Lipinski definition) is 1. The van der Waals surface area contributed by atoms with Gasteiger partial charge in [0.15, 0.2) is 11.5 Å². The smallest absolute Gasteiger partial charge is 0.256 e. The van der Waals surface area contributed by atoms with Crippen LogP contribution in [0.25, 0.3) is 0 Å². The van der Waals surface area contributed by atoms with E-state index in [1.807, 2.05) is 36.1 Å². The Morgan fingerprint density at radius 3 is 2.23 bits per heavy atom. The van der Waals surface area contributed by atoms with Gasteiger partial charge in [-0.2, -0.15) is 0 Å². The number of piperidine rings is 1. The molecule has 160 valence electrons. The van der Waals surface area contributed by atoms with Crippen molar-refractivity contribution in [1.29, 1.82) is 0 Å². The van der Waals surface area contributed by atoms with Gasteiger partial charge in [-0.15, -0.1) is 0 Å². The van der Waals surface area contributed by atoms with Crippen LogP contribution in [0.3, 0.4) is 0 Å². The number of nitrogens with zero attached hydrogens (tertiary/aromatic N) is 1.